The van der Waals surface area contributed by atoms with Crippen molar-refractivity contribution in [1.82, 2.24) is 5.32 Å². The van der Waals surface area contributed by atoms with Gasteiger partial charge in [-0.15, -0.1) is 0 Å². The summed E-state index contributed by atoms with van der Waals surface area (Å²) in [5, 5.41) is 1.98. The average molecular weight is 205 g/mol. The van der Waals surface area contributed by atoms with Crippen LogP contribution < -0.4 is 5.32 Å². The van der Waals surface area contributed by atoms with Crippen LogP contribution in [0.15, 0.2) is 43.0 Å². The second kappa shape index (κ2) is 5.59. The van der Waals surface area contributed by atoms with Crippen LogP contribution in [0.25, 0.3) is 0 Å². The van der Waals surface area contributed by atoms with Crippen LogP contribution in [0.2, 0.25) is 0 Å². The molecule has 0 fully saturated rings. The van der Waals surface area contributed by atoms with Gasteiger partial charge in [-0.3, -0.25) is 10.1 Å². The lowest BCUT2D eigenvalue weighted by molar-refractivity contribution is -0.115. The molecule has 0 spiro atoms. The summed E-state index contributed by atoms with van der Waals surface area (Å²) in [6, 6.07) is 9.19. The molecule has 0 aliphatic rings. The van der Waals surface area contributed by atoms with Crippen molar-refractivity contribution in [3.63, 3.8) is 0 Å². The largest absolute Gasteiger partial charge is 0.444 e. The fourth-order valence-corrected chi connectivity index (χ4v) is 0.911. The molecule has 78 valence electrons. The van der Waals surface area contributed by atoms with Crippen molar-refractivity contribution >= 4 is 12.0 Å². The maximum absolute atomic E-state index is 11.0. The molecule has 1 aromatic rings. The van der Waals surface area contributed by atoms with Crippen LogP contribution in [0.4, 0.5) is 4.79 Å². The van der Waals surface area contributed by atoms with E-state index in [4.69, 9.17) is 4.74 Å². The third-order valence-electron chi connectivity index (χ3n) is 1.62. The van der Waals surface area contributed by atoms with Gasteiger partial charge in [0.25, 0.3) is 5.91 Å². The fraction of sp³-hybridized carbons (Fsp3) is 0.0909. The third-order valence-corrected chi connectivity index (χ3v) is 1.62. The van der Waals surface area contributed by atoms with Crippen molar-refractivity contribution < 1.29 is 14.3 Å². The number of hydrogen-bond acceptors (Lipinski definition) is 3. The second-order valence-electron chi connectivity index (χ2n) is 2.76. The zero-order valence-electron chi connectivity index (χ0n) is 8.10. The maximum Gasteiger partial charge on any atom is 0.414 e. The highest BCUT2D eigenvalue weighted by Crippen LogP contribution is 2.00. The van der Waals surface area contributed by atoms with Crippen LogP contribution in [0.5, 0.6) is 0 Å². The van der Waals surface area contributed by atoms with E-state index in [9.17, 15) is 9.59 Å². The predicted octanol–water partition coefficient (Wildman–Crippen LogP) is 1.63. The van der Waals surface area contributed by atoms with Gasteiger partial charge in [-0.05, 0) is 11.6 Å². The zero-order chi connectivity index (χ0) is 11.1. The molecule has 1 rings (SSSR count). The van der Waals surface area contributed by atoms with Crippen LogP contribution in [0.3, 0.4) is 0 Å². The Balaban J connectivity index is 2.35. The highest BCUT2D eigenvalue weighted by atomic mass is 16.5. The van der Waals surface area contributed by atoms with Gasteiger partial charge < -0.3 is 4.74 Å². The lowest BCUT2D eigenvalue weighted by atomic mass is 10.2. The van der Waals surface area contributed by atoms with Gasteiger partial charge in [-0.1, -0.05) is 36.9 Å². The highest BCUT2D eigenvalue weighted by molar-refractivity contribution is 5.98. The van der Waals surface area contributed by atoms with E-state index in [2.05, 4.69) is 6.58 Å². The predicted molar refractivity (Wildman–Crippen MR) is 55.0 cm³/mol. The first-order chi connectivity index (χ1) is 7.22. The third kappa shape index (κ3) is 4.08. The number of amides is 2. The summed E-state index contributed by atoms with van der Waals surface area (Å²) in [5.74, 6) is -0.576. The van der Waals surface area contributed by atoms with Gasteiger partial charge in [0.1, 0.15) is 6.61 Å². The van der Waals surface area contributed by atoms with Crippen molar-refractivity contribution in [2.24, 2.45) is 0 Å². The molecule has 0 atom stereocenters. The molecule has 0 saturated carbocycles. The van der Waals surface area contributed by atoms with Gasteiger partial charge >= 0.3 is 6.09 Å². The molecule has 4 nitrogen and oxygen atoms in total. The minimum Gasteiger partial charge on any atom is -0.444 e. The summed E-state index contributed by atoms with van der Waals surface area (Å²) in [4.78, 5) is 21.7. The summed E-state index contributed by atoms with van der Waals surface area (Å²) in [6.45, 7) is 3.35. The molecule has 0 saturated heterocycles. The number of benzene rings is 1. The lowest BCUT2D eigenvalue weighted by Crippen LogP contribution is -2.29. The standard InChI is InChI=1S/C11H11NO3/c1-2-10(13)12-11(14)15-8-9-6-4-3-5-7-9/h2-7H,1,8H2,(H,12,13,14). The van der Waals surface area contributed by atoms with E-state index >= 15 is 0 Å². The number of ether oxygens (including phenoxy) is 1. The Morgan fingerprint density at radius 1 is 1.33 bits per heavy atom. The summed E-state index contributed by atoms with van der Waals surface area (Å²) < 4.78 is 4.78. The first kappa shape index (κ1) is 11.0. The topological polar surface area (TPSA) is 55.4 Å². The highest BCUT2D eigenvalue weighted by Gasteiger charge is 2.04. The molecule has 0 unspecified atom stereocenters. The normalized spacial score (nSPS) is 9.07. The fourth-order valence-electron chi connectivity index (χ4n) is 0.911. The summed E-state index contributed by atoms with van der Waals surface area (Å²) in [5.41, 5.74) is 0.860. The zero-order valence-corrected chi connectivity index (χ0v) is 8.10. The maximum atomic E-state index is 11.0. The van der Waals surface area contributed by atoms with Crippen molar-refractivity contribution in [3.8, 4) is 0 Å². The van der Waals surface area contributed by atoms with Crippen LogP contribution >= 0.6 is 0 Å². The molecular weight excluding hydrogens is 194 g/mol. The summed E-state index contributed by atoms with van der Waals surface area (Å²) in [6.07, 6.45) is 0.229. The van der Waals surface area contributed by atoms with E-state index in [-0.39, 0.29) is 6.61 Å². The number of hydrogen-bond donors (Lipinski definition) is 1. The van der Waals surface area contributed by atoms with Crippen molar-refractivity contribution in [2.45, 2.75) is 6.61 Å². The van der Waals surface area contributed by atoms with E-state index in [1.165, 1.54) is 0 Å². The SMILES string of the molecule is C=CC(=O)NC(=O)OCc1ccccc1. The molecule has 0 heterocycles. The number of alkyl carbamates (subject to hydrolysis) is 1. The molecular formula is C11H11NO3. The number of nitrogens with one attached hydrogen (secondary N) is 1. The Morgan fingerprint density at radius 2 is 2.00 bits per heavy atom. The van der Waals surface area contributed by atoms with E-state index in [0.29, 0.717) is 0 Å². The minimum atomic E-state index is -0.774. The van der Waals surface area contributed by atoms with Gasteiger partial charge in [-0.25, -0.2) is 4.79 Å². The lowest BCUT2D eigenvalue weighted by Gasteiger charge is -2.04. The first-order valence-electron chi connectivity index (χ1n) is 4.36. The van der Waals surface area contributed by atoms with Crippen molar-refractivity contribution in [1.29, 1.82) is 0 Å². The molecule has 0 aliphatic carbocycles. The Bertz CT molecular complexity index is 359. The molecule has 2 amide bonds. The number of carbonyl (C=O) groups is 2. The van der Waals surface area contributed by atoms with E-state index in [1.807, 2.05) is 35.6 Å². The average Bonchev–Trinajstić information content (AvgIpc) is 2.27. The van der Waals surface area contributed by atoms with Crippen molar-refractivity contribution in [2.75, 3.05) is 0 Å². The Hall–Kier alpha value is -2.10. The molecule has 0 radical (unpaired) electrons. The number of imide groups is 1. The molecule has 1 N–H and O–H groups in total. The van der Waals surface area contributed by atoms with E-state index in [1.54, 1.807) is 0 Å². The summed E-state index contributed by atoms with van der Waals surface area (Å²) in [7, 11) is 0. The first-order valence-corrected chi connectivity index (χ1v) is 4.36. The molecule has 0 bridgehead atoms. The number of carbonyl (C=O) groups excluding carboxylic acids is 2. The van der Waals surface area contributed by atoms with Crippen LogP contribution in [0.1, 0.15) is 5.56 Å². The molecule has 1 aromatic carbocycles. The second-order valence-corrected chi connectivity index (χ2v) is 2.76. The Morgan fingerprint density at radius 3 is 2.60 bits per heavy atom. The monoisotopic (exact) mass is 205 g/mol. The molecule has 4 heteroatoms. The minimum absolute atomic E-state index is 0.136. The van der Waals surface area contributed by atoms with E-state index in [0.717, 1.165) is 11.6 Å². The van der Waals surface area contributed by atoms with Gasteiger partial charge in [-0.2, -0.15) is 0 Å². The Kier molecular flexibility index (Phi) is 4.09. The van der Waals surface area contributed by atoms with Gasteiger partial charge in [0, 0.05) is 0 Å². The summed E-state index contributed by atoms with van der Waals surface area (Å²) >= 11 is 0. The van der Waals surface area contributed by atoms with Gasteiger partial charge in [0.2, 0.25) is 0 Å². The van der Waals surface area contributed by atoms with Crippen LogP contribution in [-0.4, -0.2) is 12.0 Å². The Labute approximate surface area is 87.6 Å². The van der Waals surface area contributed by atoms with E-state index < -0.39 is 12.0 Å². The molecule has 0 aliphatic heterocycles. The van der Waals surface area contributed by atoms with Crippen molar-refractivity contribution in [3.05, 3.63) is 48.6 Å². The van der Waals surface area contributed by atoms with Gasteiger partial charge in [0.05, 0.1) is 0 Å². The van der Waals surface area contributed by atoms with Crippen LogP contribution in [-0.2, 0) is 16.1 Å². The molecule has 15 heavy (non-hydrogen) atoms. The quantitative estimate of drug-likeness (QED) is 0.763. The van der Waals surface area contributed by atoms with Crippen LogP contribution in [0, 0.1) is 0 Å². The smallest absolute Gasteiger partial charge is 0.414 e. The molecule has 0 aromatic heterocycles. The van der Waals surface area contributed by atoms with Gasteiger partial charge in [0.15, 0.2) is 0 Å². The number of rotatable bonds is 3.